The molecule has 0 radical (unpaired) electrons. The average molecular weight is 221 g/mol. The first-order valence-corrected chi connectivity index (χ1v) is 4.75. The maximum Gasteiger partial charge on any atom is 0.273 e. The molecule has 0 spiro atoms. The second kappa shape index (κ2) is 3.90. The zero-order valence-electron chi connectivity index (χ0n) is 9.01. The van der Waals surface area contributed by atoms with Gasteiger partial charge in [-0.15, -0.1) is 0 Å². The molecule has 0 aliphatic rings. The number of nitrogens with zero attached hydrogens (tertiary/aromatic N) is 3. The Morgan fingerprint density at radius 1 is 1.50 bits per heavy atom. The molecule has 2 aromatic rings. The Labute approximate surface area is 91.6 Å². The second-order valence-corrected chi connectivity index (χ2v) is 3.75. The van der Waals surface area contributed by atoms with Crippen LogP contribution >= 0.6 is 0 Å². The van der Waals surface area contributed by atoms with Gasteiger partial charge in [-0.3, -0.25) is 10.1 Å². The van der Waals surface area contributed by atoms with Gasteiger partial charge >= 0.3 is 0 Å². The number of non-ortho nitro benzene ring substituents is 1. The molecule has 16 heavy (non-hydrogen) atoms. The van der Waals surface area contributed by atoms with Crippen molar-refractivity contribution in [3.63, 3.8) is 0 Å². The molecule has 0 unspecified atom stereocenters. The van der Waals surface area contributed by atoms with Crippen LogP contribution in [0.5, 0.6) is 0 Å². The Hall–Kier alpha value is -1.95. The molecule has 6 nitrogen and oxygen atoms in total. The van der Waals surface area contributed by atoms with Crippen LogP contribution in [-0.4, -0.2) is 28.9 Å². The lowest BCUT2D eigenvalue weighted by molar-refractivity contribution is -0.384. The SMILES string of the molecule is CN(C)Cc1nc2ccc([N+](=O)[O-])cc2o1. The molecule has 0 saturated carbocycles. The van der Waals surface area contributed by atoms with Crippen molar-refractivity contribution >= 4 is 16.8 Å². The third kappa shape index (κ3) is 2.01. The fraction of sp³-hybridized carbons (Fsp3) is 0.300. The lowest BCUT2D eigenvalue weighted by Crippen LogP contribution is -2.10. The Kier molecular flexibility index (Phi) is 2.57. The van der Waals surface area contributed by atoms with Gasteiger partial charge in [-0.2, -0.15) is 0 Å². The van der Waals surface area contributed by atoms with Gasteiger partial charge in [0.1, 0.15) is 5.52 Å². The Balaban J connectivity index is 2.42. The summed E-state index contributed by atoms with van der Waals surface area (Å²) in [7, 11) is 3.80. The van der Waals surface area contributed by atoms with Gasteiger partial charge in [0.25, 0.3) is 5.69 Å². The first-order valence-electron chi connectivity index (χ1n) is 4.75. The summed E-state index contributed by atoms with van der Waals surface area (Å²) in [5.74, 6) is 0.556. The standard InChI is InChI=1S/C10H11N3O3/c1-12(2)6-10-11-8-4-3-7(13(14)15)5-9(8)16-10/h3-5H,6H2,1-2H3. The molecule has 0 saturated heterocycles. The molecule has 0 bridgehead atoms. The summed E-state index contributed by atoms with van der Waals surface area (Å²) in [6, 6.07) is 4.40. The quantitative estimate of drug-likeness (QED) is 0.583. The van der Waals surface area contributed by atoms with Crippen LogP contribution in [0.3, 0.4) is 0 Å². The monoisotopic (exact) mass is 221 g/mol. The topological polar surface area (TPSA) is 72.4 Å². The molecular weight excluding hydrogens is 210 g/mol. The third-order valence-corrected chi connectivity index (χ3v) is 2.08. The Morgan fingerprint density at radius 3 is 2.88 bits per heavy atom. The predicted molar refractivity (Wildman–Crippen MR) is 58.1 cm³/mol. The third-order valence-electron chi connectivity index (χ3n) is 2.08. The van der Waals surface area contributed by atoms with Gasteiger partial charge < -0.3 is 9.32 Å². The fourth-order valence-corrected chi connectivity index (χ4v) is 1.41. The van der Waals surface area contributed by atoms with E-state index < -0.39 is 4.92 Å². The summed E-state index contributed by atoms with van der Waals surface area (Å²) < 4.78 is 5.41. The van der Waals surface area contributed by atoms with Crippen molar-refractivity contribution < 1.29 is 9.34 Å². The van der Waals surface area contributed by atoms with E-state index in [1.54, 1.807) is 6.07 Å². The summed E-state index contributed by atoms with van der Waals surface area (Å²) in [5, 5.41) is 10.6. The van der Waals surface area contributed by atoms with Gasteiger partial charge in [-0.25, -0.2) is 4.98 Å². The number of fused-ring (bicyclic) bond motifs is 1. The van der Waals surface area contributed by atoms with Gasteiger partial charge in [0.05, 0.1) is 17.5 Å². The van der Waals surface area contributed by atoms with Crippen molar-refractivity contribution in [2.75, 3.05) is 14.1 Å². The van der Waals surface area contributed by atoms with Crippen LogP contribution in [0.1, 0.15) is 5.89 Å². The minimum Gasteiger partial charge on any atom is -0.439 e. The number of oxazole rings is 1. The van der Waals surface area contributed by atoms with E-state index in [-0.39, 0.29) is 5.69 Å². The molecule has 1 aromatic carbocycles. The molecular formula is C10H11N3O3. The van der Waals surface area contributed by atoms with Crippen molar-refractivity contribution in [3.8, 4) is 0 Å². The number of aromatic nitrogens is 1. The molecule has 0 amide bonds. The highest BCUT2D eigenvalue weighted by Gasteiger charge is 2.11. The van der Waals surface area contributed by atoms with E-state index in [0.29, 0.717) is 23.5 Å². The lowest BCUT2D eigenvalue weighted by Gasteiger charge is -2.03. The van der Waals surface area contributed by atoms with Crippen molar-refractivity contribution in [1.29, 1.82) is 0 Å². The summed E-state index contributed by atoms with van der Waals surface area (Å²) in [5.41, 5.74) is 1.11. The molecule has 84 valence electrons. The average Bonchev–Trinajstić information content (AvgIpc) is 2.56. The smallest absolute Gasteiger partial charge is 0.273 e. The first-order chi connectivity index (χ1) is 7.56. The first kappa shape index (κ1) is 10.6. The molecule has 0 fully saturated rings. The van der Waals surface area contributed by atoms with Gasteiger partial charge in [0.2, 0.25) is 5.89 Å². The van der Waals surface area contributed by atoms with Crippen molar-refractivity contribution in [1.82, 2.24) is 9.88 Å². The molecule has 1 heterocycles. The summed E-state index contributed by atoms with van der Waals surface area (Å²) >= 11 is 0. The van der Waals surface area contributed by atoms with Gasteiger partial charge in [0, 0.05) is 6.07 Å². The van der Waals surface area contributed by atoms with Crippen molar-refractivity contribution in [2.45, 2.75) is 6.54 Å². The summed E-state index contributed by atoms with van der Waals surface area (Å²) in [4.78, 5) is 16.3. The molecule has 0 N–H and O–H groups in total. The van der Waals surface area contributed by atoms with Crippen LogP contribution in [0.15, 0.2) is 22.6 Å². The highest BCUT2D eigenvalue weighted by molar-refractivity contribution is 5.75. The minimum atomic E-state index is -0.451. The van der Waals surface area contributed by atoms with E-state index in [4.69, 9.17) is 4.42 Å². The molecule has 6 heteroatoms. The van der Waals surface area contributed by atoms with Gasteiger partial charge in [0.15, 0.2) is 5.58 Å². The van der Waals surface area contributed by atoms with Crippen LogP contribution in [0.25, 0.3) is 11.1 Å². The number of nitro groups is 1. The highest BCUT2D eigenvalue weighted by Crippen LogP contribution is 2.21. The van der Waals surface area contributed by atoms with E-state index in [1.165, 1.54) is 12.1 Å². The van der Waals surface area contributed by atoms with Crippen molar-refractivity contribution in [2.24, 2.45) is 0 Å². The number of rotatable bonds is 3. The highest BCUT2D eigenvalue weighted by atomic mass is 16.6. The van der Waals surface area contributed by atoms with E-state index in [9.17, 15) is 10.1 Å². The lowest BCUT2D eigenvalue weighted by atomic mass is 10.3. The van der Waals surface area contributed by atoms with Crippen LogP contribution in [-0.2, 0) is 6.54 Å². The second-order valence-electron chi connectivity index (χ2n) is 3.75. The zero-order valence-corrected chi connectivity index (χ0v) is 9.01. The summed E-state index contributed by atoms with van der Waals surface area (Å²) in [6.07, 6.45) is 0. The van der Waals surface area contributed by atoms with Crippen molar-refractivity contribution in [3.05, 3.63) is 34.2 Å². The minimum absolute atomic E-state index is 0.0139. The molecule has 0 atom stereocenters. The van der Waals surface area contributed by atoms with E-state index in [2.05, 4.69) is 4.98 Å². The fourth-order valence-electron chi connectivity index (χ4n) is 1.41. The molecule has 1 aromatic heterocycles. The largest absolute Gasteiger partial charge is 0.439 e. The maximum absolute atomic E-state index is 10.6. The molecule has 0 aliphatic carbocycles. The number of benzene rings is 1. The van der Waals surface area contributed by atoms with E-state index >= 15 is 0 Å². The number of hydrogen-bond acceptors (Lipinski definition) is 5. The predicted octanol–water partition coefficient (Wildman–Crippen LogP) is 1.80. The maximum atomic E-state index is 10.6. The number of nitro benzene ring substituents is 1. The van der Waals surface area contributed by atoms with Crippen LogP contribution in [0.4, 0.5) is 5.69 Å². The molecule has 0 aliphatic heterocycles. The van der Waals surface area contributed by atoms with Gasteiger partial charge in [-0.1, -0.05) is 0 Å². The van der Waals surface area contributed by atoms with Crippen LogP contribution < -0.4 is 0 Å². The van der Waals surface area contributed by atoms with Crippen LogP contribution in [0.2, 0.25) is 0 Å². The van der Waals surface area contributed by atoms with Crippen LogP contribution in [0, 0.1) is 10.1 Å². The Bertz CT molecular complexity index is 533. The zero-order chi connectivity index (χ0) is 11.7. The summed E-state index contributed by atoms with van der Waals surface area (Å²) in [6.45, 7) is 0.572. The van der Waals surface area contributed by atoms with Gasteiger partial charge in [-0.05, 0) is 20.2 Å². The van der Waals surface area contributed by atoms with E-state index in [0.717, 1.165) is 0 Å². The number of hydrogen-bond donors (Lipinski definition) is 0. The molecule has 2 rings (SSSR count). The Morgan fingerprint density at radius 2 is 2.25 bits per heavy atom. The normalized spacial score (nSPS) is 11.2. The van der Waals surface area contributed by atoms with E-state index in [1.807, 2.05) is 19.0 Å².